The molecular weight excluding hydrogens is 238 g/mol. The zero-order valence-corrected chi connectivity index (χ0v) is 10.7. The molecular formula is C12H17NO3S. The van der Waals surface area contributed by atoms with Crippen LogP contribution >= 0.6 is 0 Å². The molecule has 0 amide bonds. The summed E-state index contributed by atoms with van der Waals surface area (Å²) in [4.78, 5) is 11.7. The molecule has 1 rings (SSSR count). The number of carbonyl (C=O) groups excluding carboxylic acids is 1. The SMILES string of the molecule is CCCCCC(=O)c1cccc(S(N)(=O)=O)c1. The lowest BCUT2D eigenvalue weighted by atomic mass is 10.1. The molecule has 0 fully saturated rings. The van der Waals surface area contributed by atoms with Crippen molar-refractivity contribution in [3.63, 3.8) is 0 Å². The molecule has 0 heterocycles. The zero-order chi connectivity index (χ0) is 12.9. The van der Waals surface area contributed by atoms with Crippen LogP contribution in [0.4, 0.5) is 0 Å². The number of primary sulfonamides is 1. The summed E-state index contributed by atoms with van der Waals surface area (Å²) in [5.41, 5.74) is 0.410. The molecule has 17 heavy (non-hydrogen) atoms. The van der Waals surface area contributed by atoms with Crippen LogP contribution in [-0.2, 0) is 10.0 Å². The van der Waals surface area contributed by atoms with E-state index in [2.05, 4.69) is 6.92 Å². The van der Waals surface area contributed by atoms with Crippen molar-refractivity contribution >= 4 is 15.8 Å². The number of sulfonamides is 1. The number of benzene rings is 1. The average molecular weight is 255 g/mol. The van der Waals surface area contributed by atoms with Crippen molar-refractivity contribution in [1.82, 2.24) is 0 Å². The Balaban J connectivity index is 2.82. The van der Waals surface area contributed by atoms with Crippen LogP contribution in [-0.4, -0.2) is 14.2 Å². The van der Waals surface area contributed by atoms with Gasteiger partial charge in [0.05, 0.1) is 4.90 Å². The van der Waals surface area contributed by atoms with Crippen LogP contribution in [0.15, 0.2) is 29.2 Å². The molecule has 1 aromatic rings. The van der Waals surface area contributed by atoms with E-state index in [1.807, 2.05) is 0 Å². The summed E-state index contributed by atoms with van der Waals surface area (Å²) in [5, 5.41) is 5.01. The van der Waals surface area contributed by atoms with Gasteiger partial charge in [-0.25, -0.2) is 13.6 Å². The molecule has 0 saturated heterocycles. The Hall–Kier alpha value is -1.20. The van der Waals surface area contributed by atoms with Crippen LogP contribution < -0.4 is 5.14 Å². The second kappa shape index (κ2) is 5.93. The van der Waals surface area contributed by atoms with Gasteiger partial charge >= 0.3 is 0 Å². The highest BCUT2D eigenvalue weighted by molar-refractivity contribution is 7.89. The van der Waals surface area contributed by atoms with Crippen molar-refractivity contribution in [2.75, 3.05) is 0 Å². The summed E-state index contributed by atoms with van der Waals surface area (Å²) < 4.78 is 22.3. The van der Waals surface area contributed by atoms with Gasteiger partial charge in [0.15, 0.2) is 5.78 Å². The highest BCUT2D eigenvalue weighted by Crippen LogP contribution is 2.13. The molecule has 0 spiro atoms. The van der Waals surface area contributed by atoms with Gasteiger partial charge in [0, 0.05) is 12.0 Å². The van der Waals surface area contributed by atoms with Crippen molar-refractivity contribution < 1.29 is 13.2 Å². The molecule has 5 heteroatoms. The predicted octanol–water partition coefficient (Wildman–Crippen LogP) is 2.10. The Bertz CT molecular complexity index is 494. The largest absolute Gasteiger partial charge is 0.294 e. The zero-order valence-electron chi connectivity index (χ0n) is 9.85. The number of Topliss-reactive ketones (excluding diaryl/α,β-unsaturated/α-hetero) is 1. The first-order valence-electron chi connectivity index (χ1n) is 5.61. The van der Waals surface area contributed by atoms with Crippen LogP contribution in [0, 0.1) is 0 Å². The molecule has 0 aliphatic heterocycles. The van der Waals surface area contributed by atoms with E-state index < -0.39 is 10.0 Å². The third-order valence-corrected chi connectivity index (χ3v) is 3.40. The molecule has 0 saturated carbocycles. The molecule has 1 aromatic carbocycles. The van der Waals surface area contributed by atoms with Gasteiger partial charge in [-0.2, -0.15) is 0 Å². The fourth-order valence-electron chi connectivity index (χ4n) is 1.53. The number of carbonyl (C=O) groups is 1. The number of rotatable bonds is 6. The molecule has 4 nitrogen and oxygen atoms in total. The van der Waals surface area contributed by atoms with Crippen LogP contribution in [0.2, 0.25) is 0 Å². The minimum absolute atomic E-state index is 0.0150. The second-order valence-electron chi connectivity index (χ2n) is 3.95. The Kier molecular flexibility index (Phi) is 4.84. The van der Waals surface area contributed by atoms with Crippen molar-refractivity contribution in [1.29, 1.82) is 0 Å². The summed E-state index contributed by atoms with van der Waals surface area (Å²) in [5.74, 6) is -0.0380. The lowest BCUT2D eigenvalue weighted by Crippen LogP contribution is -2.13. The minimum Gasteiger partial charge on any atom is -0.294 e. The van der Waals surface area contributed by atoms with Crippen molar-refractivity contribution in [2.24, 2.45) is 5.14 Å². The summed E-state index contributed by atoms with van der Waals surface area (Å²) in [6, 6.07) is 5.87. The monoisotopic (exact) mass is 255 g/mol. The smallest absolute Gasteiger partial charge is 0.238 e. The average Bonchev–Trinajstić information content (AvgIpc) is 2.28. The van der Waals surface area contributed by atoms with Crippen LogP contribution in [0.1, 0.15) is 43.0 Å². The third-order valence-electron chi connectivity index (χ3n) is 2.49. The molecule has 94 valence electrons. The maximum Gasteiger partial charge on any atom is 0.238 e. The predicted molar refractivity (Wildman–Crippen MR) is 66.3 cm³/mol. The van der Waals surface area contributed by atoms with E-state index in [0.717, 1.165) is 19.3 Å². The molecule has 0 radical (unpaired) electrons. The van der Waals surface area contributed by atoms with Gasteiger partial charge in [-0.1, -0.05) is 31.9 Å². The van der Waals surface area contributed by atoms with Gasteiger partial charge in [0.1, 0.15) is 0 Å². The molecule has 0 aliphatic carbocycles. The van der Waals surface area contributed by atoms with Gasteiger partial charge in [0.2, 0.25) is 10.0 Å². The number of hydrogen-bond acceptors (Lipinski definition) is 3. The topological polar surface area (TPSA) is 77.2 Å². The van der Waals surface area contributed by atoms with E-state index in [1.54, 1.807) is 6.07 Å². The third kappa shape index (κ3) is 4.28. The summed E-state index contributed by atoms with van der Waals surface area (Å²) in [6.45, 7) is 2.06. The Morgan fingerprint density at radius 3 is 2.59 bits per heavy atom. The number of hydrogen-bond donors (Lipinski definition) is 1. The van der Waals surface area contributed by atoms with E-state index in [4.69, 9.17) is 5.14 Å². The molecule has 2 N–H and O–H groups in total. The van der Waals surface area contributed by atoms with Gasteiger partial charge in [0.25, 0.3) is 0 Å². The fourth-order valence-corrected chi connectivity index (χ4v) is 2.09. The number of unbranched alkanes of at least 4 members (excludes halogenated alkanes) is 2. The Labute approximate surface area is 102 Å². The second-order valence-corrected chi connectivity index (χ2v) is 5.51. The van der Waals surface area contributed by atoms with Crippen molar-refractivity contribution in [2.45, 2.75) is 37.5 Å². The van der Waals surface area contributed by atoms with E-state index in [1.165, 1.54) is 18.2 Å². The summed E-state index contributed by atoms with van der Waals surface area (Å²) in [6.07, 6.45) is 3.32. The summed E-state index contributed by atoms with van der Waals surface area (Å²) in [7, 11) is -3.74. The number of ketones is 1. The maximum atomic E-state index is 11.8. The first kappa shape index (κ1) is 13.9. The van der Waals surface area contributed by atoms with Crippen molar-refractivity contribution in [3.8, 4) is 0 Å². The van der Waals surface area contributed by atoms with E-state index in [-0.39, 0.29) is 10.7 Å². The number of nitrogens with two attached hydrogens (primary N) is 1. The highest BCUT2D eigenvalue weighted by atomic mass is 32.2. The molecule has 0 unspecified atom stereocenters. The fraction of sp³-hybridized carbons (Fsp3) is 0.417. The minimum atomic E-state index is -3.74. The van der Waals surface area contributed by atoms with Gasteiger partial charge in [-0.15, -0.1) is 0 Å². The standard InChI is InChI=1S/C12H17NO3S/c1-2-3-4-8-12(14)10-6-5-7-11(9-10)17(13,15)16/h5-7,9H,2-4,8H2,1H3,(H2,13,15,16). The van der Waals surface area contributed by atoms with Gasteiger partial charge in [-0.05, 0) is 18.6 Å². The molecule has 0 atom stereocenters. The Morgan fingerprint density at radius 1 is 1.29 bits per heavy atom. The van der Waals surface area contributed by atoms with Crippen LogP contribution in [0.5, 0.6) is 0 Å². The lowest BCUT2D eigenvalue weighted by Gasteiger charge is -2.03. The highest BCUT2D eigenvalue weighted by Gasteiger charge is 2.11. The quantitative estimate of drug-likeness (QED) is 0.624. The van der Waals surface area contributed by atoms with Crippen molar-refractivity contribution in [3.05, 3.63) is 29.8 Å². The maximum absolute atomic E-state index is 11.8. The normalized spacial score (nSPS) is 11.4. The molecule has 0 aromatic heterocycles. The van der Waals surface area contributed by atoms with Crippen LogP contribution in [0.25, 0.3) is 0 Å². The first-order chi connectivity index (χ1) is 7.95. The summed E-state index contributed by atoms with van der Waals surface area (Å²) >= 11 is 0. The Morgan fingerprint density at radius 2 is 2.00 bits per heavy atom. The molecule has 0 aliphatic rings. The first-order valence-corrected chi connectivity index (χ1v) is 7.16. The van der Waals surface area contributed by atoms with Gasteiger partial charge in [-0.3, -0.25) is 4.79 Å². The molecule has 0 bridgehead atoms. The lowest BCUT2D eigenvalue weighted by molar-refractivity contribution is 0.0979. The van der Waals surface area contributed by atoms with Crippen LogP contribution in [0.3, 0.4) is 0 Å². The van der Waals surface area contributed by atoms with Gasteiger partial charge < -0.3 is 0 Å². The van der Waals surface area contributed by atoms with E-state index in [9.17, 15) is 13.2 Å². The van der Waals surface area contributed by atoms with E-state index >= 15 is 0 Å². The van der Waals surface area contributed by atoms with E-state index in [0.29, 0.717) is 12.0 Å².